The maximum Gasteiger partial charge on any atom is 0.120 e. The average molecular weight is 243 g/mol. The maximum absolute atomic E-state index is 9.82. The molecule has 0 radical (unpaired) electrons. The van der Waals surface area contributed by atoms with E-state index in [4.69, 9.17) is 16.3 Å². The van der Waals surface area contributed by atoms with Gasteiger partial charge in [-0.25, -0.2) is 0 Å². The Morgan fingerprint density at radius 3 is 2.81 bits per heavy atom. The van der Waals surface area contributed by atoms with Crippen molar-refractivity contribution < 1.29 is 9.84 Å². The molecule has 1 aromatic carbocycles. The highest BCUT2D eigenvalue weighted by Crippen LogP contribution is 2.18. The molecule has 0 spiro atoms. The van der Waals surface area contributed by atoms with Crippen molar-refractivity contribution in [3.05, 3.63) is 29.3 Å². The molecule has 90 valence electrons. The normalized spacial score (nSPS) is 14.5. The first-order valence-electron chi connectivity index (χ1n) is 5.70. The van der Waals surface area contributed by atoms with E-state index in [0.717, 1.165) is 12.8 Å². The van der Waals surface area contributed by atoms with E-state index >= 15 is 0 Å². The van der Waals surface area contributed by atoms with Gasteiger partial charge in [0.2, 0.25) is 0 Å². The Balaban J connectivity index is 2.39. The number of aliphatic hydroxyl groups excluding tert-OH is 1. The molecule has 0 amide bonds. The summed E-state index contributed by atoms with van der Waals surface area (Å²) < 4.78 is 5.48. The van der Waals surface area contributed by atoms with E-state index in [1.54, 1.807) is 12.1 Å². The van der Waals surface area contributed by atoms with Crippen molar-refractivity contribution in [3.63, 3.8) is 0 Å². The third-order valence-electron chi connectivity index (χ3n) is 2.62. The van der Waals surface area contributed by atoms with Crippen molar-refractivity contribution in [1.29, 1.82) is 0 Å². The second-order valence-electron chi connectivity index (χ2n) is 4.10. The summed E-state index contributed by atoms with van der Waals surface area (Å²) >= 11 is 5.83. The van der Waals surface area contributed by atoms with Gasteiger partial charge < -0.3 is 9.84 Å². The first-order chi connectivity index (χ1) is 7.63. The second kappa shape index (κ2) is 6.77. The largest absolute Gasteiger partial charge is 0.491 e. The maximum atomic E-state index is 9.82. The molecule has 2 nitrogen and oxygen atoms in total. The molecular weight excluding hydrogens is 224 g/mol. The first kappa shape index (κ1) is 13.3. The predicted molar refractivity (Wildman–Crippen MR) is 67.0 cm³/mol. The van der Waals surface area contributed by atoms with Crippen molar-refractivity contribution in [3.8, 4) is 5.75 Å². The molecular formula is C13H19ClO2. The van der Waals surface area contributed by atoms with Crippen molar-refractivity contribution in [2.75, 3.05) is 6.61 Å². The smallest absolute Gasteiger partial charge is 0.120 e. The third kappa shape index (κ3) is 4.42. The van der Waals surface area contributed by atoms with Gasteiger partial charge in [-0.3, -0.25) is 0 Å². The van der Waals surface area contributed by atoms with Crippen molar-refractivity contribution in [1.82, 2.24) is 0 Å². The van der Waals surface area contributed by atoms with Crippen LogP contribution >= 0.6 is 11.6 Å². The monoisotopic (exact) mass is 242 g/mol. The zero-order valence-corrected chi connectivity index (χ0v) is 10.6. The molecule has 0 bridgehead atoms. The Bertz CT molecular complexity index is 315. The molecule has 0 fully saturated rings. The summed E-state index contributed by atoms with van der Waals surface area (Å²) in [6.07, 6.45) is 1.68. The molecule has 0 saturated heterocycles. The molecule has 1 aromatic rings. The fraction of sp³-hybridized carbons (Fsp3) is 0.538. The summed E-state index contributed by atoms with van der Waals surface area (Å²) in [5.74, 6) is 0.972. The number of ether oxygens (including phenoxy) is 1. The topological polar surface area (TPSA) is 29.5 Å². The Morgan fingerprint density at radius 1 is 1.44 bits per heavy atom. The van der Waals surface area contributed by atoms with Crippen LogP contribution < -0.4 is 4.74 Å². The van der Waals surface area contributed by atoms with E-state index < -0.39 is 6.10 Å². The van der Waals surface area contributed by atoms with Crippen LogP contribution in [0, 0.1) is 5.92 Å². The lowest BCUT2D eigenvalue weighted by Crippen LogP contribution is -2.25. The lowest BCUT2D eigenvalue weighted by molar-refractivity contribution is 0.0601. The number of benzene rings is 1. The lowest BCUT2D eigenvalue weighted by Gasteiger charge is -2.18. The molecule has 2 atom stereocenters. The fourth-order valence-electron chi connectivity index (χ4n) is 1.55. The minimum Gasteiger partial charge on any atom is -0.491 e. The van der Waals surface area contributed by atoms with E-state index in [9.17, 15) is 5.11 Å². The number of aliphatic hydroxyl groups is 1. The van der Waals surface area contributed by atoms with E-state index in [1.165, 1.54) is 0 Å². The Labute approximate surface area is 102 Å². The summed E-state index contributed by atoms with van der Waals surface area (Å²) in [5.41, 5.74) is 0. The quantitative estimate of drug-likeness (QED) is 0.827. The lowest BCUT2D eigenvalue weighted by atomic mass is 10.0. The molecule has 0 aliphatic carbocycles. The Hall–Kier alpha value is -0.730. The van der Waals surface area contributed by atoms with Gasteiger partial charge in [0.1, 0.15) is 12.4 Å². The van der Waals surface area contributed by atoms with E-state index in [0.29, 0.717) is 17.4 Å². The van der Waals surface area contributed by atoms with Crippen molar-refractivity contribution >= 4 is 11.6 Å². The van der Waals surface area contributed by atoms with Crippen LogP contribution in [-0.4, -0.2) is 17.8 Å². The minimum atomic E-state index is -0.418. The van der Waals surface area contributed by atoms with Gasteiger partial charge in [-0.15, -0.1) is 0 Å². The van der Waals surface area contributed by atoms with Crippen LogP contribution in [0.5, 0.6) is 5.75 Å². The molecule has 0 aliphatic heterocycles. The van der Waals surface area contributed by atoms with Crippen LogP contribution in [0.25, 0.3) is 0 Å². The highest BCUT2D eigenvalue weighted by atomic mass is 35.5. The SMILES string of the molecule is CCCC(C)C(O)COc1cccc(Cl)c1. The molecule has 16 heavy (non-hydrogen) atoms. The van der Waals surface area contributed by atoms with Crippen molar-refractivity contribution in [2.24, 2.45) is 5.92 Å². The molecule has 3 heteroatoms. The highest BCUT2D eigenvalue weighted by molar-refractivity contribution is 6.30. The number of halogens is 1. The van der Waals surface area contributed by atoms with Crippen LogP contribution in [-0.2, 0) is 0 Å². The van der Waals surface area contributed by atoms with Gasteiger partial charge in [-0.05, 0) is 30.5 Å². The number of hydrogen-bond acceptors (Lipinski definition) is 2. The zero-order chi connectivity index (χ0) is 12.0. The standard InChI is InChI=1S/C13H19ClO2/c1-3-5-10(2)13(15)9-16-12-7-4-6-11(14)8-12/h4,6-8,10,13,15H,3,5,9H2,1-2H3. The molecule has 0 saturated carbocycles. The number of rotatable bonds is 6. The molecule has 0 heterocycles. The molecule has 0 aliphatic rings. The van der Waals surface area contributed by atoms with Gasteiger partial charge in [0.15, 0.2) is 0 Å². The first-order valence-corrected chi connectivity index (χ1v) is 6.07. The van der Waals surface area contributed by atoms with Gasteiger partial charge in [0, 0.05) is 5.02 Å². The van der Waals surface area contributed by atoms with E-state index in [1.807, 2.05) is 19.1 Å². The molecule has 0 aromatic heterocycles. The summed E-state index contributed by atoms with van der Waals surface area (Å²) in [6, 6.07) is 7.21. The van der Waals surface area contributed by atoms with Crippen LogP contribution in [0.15, 0.2) is 24.3 Å². The van der Waals surface area contributed by atoms with Gasteiger partial charge in [-0.2, -0.15) is 0 Å². The van der Waals surface area contributed by atoms with Crippen LogP contribution in [0.3, 0.4) is 0 Å². The summed E-state index contributed by atoms with van der Waals surface area (Å²) in [4.78, 5) is 0. The fourth-order valence-corrected chi connectivity index (χ4v) is 1.73. The third-order valence-corrected chi connectivity index (χ3v) is 2.85. The molecule has 1 N–H and O–H groups in total. The van der Waals surface area contributed by atoms with Gasteiger partial charge in [0.05, 0.1) is 6.10 Å². The Morgan fingerprint density at radius 2 is 2.19 bits per heavy atom. The second-order valence-corrected chi connectivity index (χ2v) is 4.54. The van der Waals surface area contributed by atoms with E-state index in [2.05, 4.69) is 6.92 Å². The average Bonchev–Trinajstić information content (AvgIpc) is 2.26. The van der Waals surface area contributed by atoms with Gasteiger partial charge in [0.25, 0.3) is 0 Å². The number of hydrogen-bond donors (Lipinski definition) is 1. The van der Waals surface area contributed by atoms with Crippen molar-refractivity contribution in [2.45, 2.75) is 32.8 Å². The van der Waals surface area contributed by atoms with Crippen LogP contribution in [0.2, 0.25) is 5.02 Å². The molecule has 2 unspecified atom stereocenters. The summed E-state index contributed by atoms with van der Waals surface area (Å²) in [7, 11) is 0. The van der Waals surface area contributed by atoms with E-state index in [-0.39, 0.29) is 5.92 Å². The van der Waals surface area contributed by atoms with Gasteiger partial charge >= 0.3 is 0 Å². The predicted octanol–water partition coefficient (Wildman–Crippen LogP) is 3.52. The van der Waals surface area contributed by atoms with Crippen LogP contribution in [0.4, 0.5) is 0 Å². The summed E-state index contributed by atoms with van der Waals surface area (Å²) in [6.45, 7) is 4.47. The molecule has 1 rings (SSSR count). The highest BCUT2D eigenvalue weighted by Gasteiger charge is 2.13. The minimum absolute atomic E-state index is 0.268. The van der Waals surface area contributed by atoms with Gasteiger partial charge in [-0.1, -0.05) is 37.9 Å². The van der Waals surface area contributed by atoms with Crippen LogP contribution in [0.1, 0.15) is 26.7 Å². The Kier molecular flexibility index (Phi) is 5.64. The summed E-state index contributed by atoms with van der Waals surface area (Å²) in [5, 5.41) is 10.5. The zero-order valence-electron chi connectivity index (χ0n) is 9.82.